The second-order valence-corrected chi connectivity index (χ2v) is 4.21. The van der Waals surface area contributed by atoms with Gasteiger partial charge in [-0.25, -0.2) is 17.6 Å². The van der Waals surface area contributed by atoms with E-state index in [1.807, 2.05) is 0 Å². The first kappa shape index (κ1) is 12.8. The van der Waals surface area contributed by atoms with Crippen LogP contribution in [0.5, 0.6) is 0 Å². The smallest absolute Gasteiger partial charge is 0.197 e. The van der Waals surface area contributed by atoms with Crippen LogP contribution in [0.2, 0.25) is 0 Å². The molecular weight excluding hydrogens is 296 g/mol. The van der Waals surface area contributed by atoms with Gasteiger partial charge in [-0.05, 0) is 6.26 Å². The summed E-state index contributed by atoms with van der Waals surface area (Å²) in [6.07, 6.45) is 1.66. The second kappa shape index (κ2) is 5.21. The van der Waals surface area contributed by atoms with Crippen LogP contribution in [0, 0.1) is 23.3 Å². The fourth-order valence-electron chi connectivity index (χ4n) is 1.16. The van der Waals surface area contributed by atoms with Crippen molar-refractivity contribution in [2.24, 2.45) is 0 Å². The molecular formula is C9H7BrF4S. The van der Waals surface area contributed by atoms with E-state index in [1.165, 1.54) is 11.8 Å². The molecule has 0 aromatic heterocycles. The predicted molar refractivity (Wildman–Crippen MR) is 56.1 cm³/mol. The standard InChI is InChI=1S/C9H7BrF4S/c1-15-3-5-4(2-10)6(11)8(13)9(14)7(5)12/h2-3H2,1H3. The van der Waals surface area contributed by atoms with Crippen molar-refractivity contribution in [1.29, 1.82) is 0 Å². The van der Waals surface area contributed by atoms with Gasteiger partial charge in [0.2, 0.25) is 0 Å². The first-order valence-electron chi connectivity index (χ1n) is 3.93. The molecule has 0 bridgehead atoms. The molecule has 0 N–H and O–H groups in total. The maximum absolute atomic E-state index is 13.3. The van der Waals surface area contributed by atoms with E-state index in [0.717, 1.165) is 0 Å². The zero-order valence-corrected chi connectivity index (χ0v) is 10.1. The Labute approximate surface area is 97.2 Å². The number of alkyl halides is 1. The quantitative estimate of drug-likeness (QED) is 0.352. The molecule has 0 aliphatic heterocycles. The molecule has 0 fully saturated rings. The lowest BCUT2D eigenvalue weighted by atomic mass is 10.1. The largest absolute Gasteiger partial charge is 0.203 e. The Morgan fingerprint density at radius 2 is 1.40 bits per heavy atom. The summed E-state index contributed by atoms with van der Waals surface area (Å²) in [7, 11) is 0. The maximum atomic E-state index is 13.3. The van der Waals surface area contributed by atoms with Crippen molar-refractivity contribution in [3.8, 4) is 0 Å². The molecule has 1 aromatic rings. The van der Waals surface area contributed by atoms with E-state index < -0.39 is 23.3 Å². The topological polar surface area (TPSA) is 0 Å². The van der Waals surface area contributed by atoms with Gasteiger partial charge in [0.05, 0.1) is 0 Å². The summed E-state index contributed by atoms with van der Waals surface area (Å²) in [6, 6.07) is 0. The van der Waals surface area contributed by atoms with Crippen LogP contribution in [0.1, 0.15) is 11.1 Å². The molecule has 0 radical (unpaired) electrons. The highest BCUT2D eigenvalue weighted by Gasteiger charge is 2.23. The highest BCUT2D eigenvalue weighted by atomic mass is 79.9. The van der Waals surface area contributed by atoms with Crippen LogP contribution in [0.15, 0.2) is 0 Å². The summed E-state index contributed by atoms with van der Waals surface area (Å²) in [6.45, 7) is 0. The molecule has 0 nitrogen and oxygen atoms in total. The van der Waals surface area contributed by atoms with Gasteiger partial charge in [-0.3, -0.25) is 0 Å². The second-order valence-electron chi connectivity index (χ2n) is 2.78. The van der Waals surface area contributed by atoms with E-state index in [4.69, 9.17) is 0 Å². The van der Waals surface area contributed by atoms with E-state index >= 15 is 0 Å². The molecule has 6 heteroatoms. The molecule has 0 heterocycles. The fraction of sp³-hybridized carbons (Fsp3) is 0.333. The Morgan fingerprint density at radius 1 is 0.933 bits per heavy atom. The Bertz CT molecular complexity index is 381. The monoisotopic (exact) mass is 302 g/mol. The first-order valence-corrected chi connectivity index (χ1v) is 6.44. The van der Waals surface area contributed by atoms with Crippen molar-refractivity contribution < 1.29 is 17.6 Å². The van der Waals surface area contributed by atoms with E-state index in [1.54, 1.807) is 6.26 Å². The minimum Gasteiger partial charge on any atom is -0.203 e. The van der Waals surface area contributed by atoms with Crippen LogP contribution < -0.4 is 0 Å². The molecule has 1 aromatic carbocycles. The van der Waals surface area contributed by atoms with Crippen LogP contribution >= 0.6 is 27.7 Å². The lowest BCUT2D eigenvalue weighted by Gasteiger charge is -2.10. The zero-order valence-electron chi connectivity index (χ0n) is 7.71. The molecule has 1 rings (SSSR count). The first-order chi connectivity index (χ1) is 7.04. The number of rotatable bonds is 3. The Balaban J connectivity index is 3.47. The van der Waals surface area contributed by atoms with Gasteiger partial charge in [0, 0.05) is 22.2 Å². The van der Waals surface area contributed by atoms with Gasteiger partial charge >= 0.3 is 0 Å². The van der Waals surface area contributed by atoms with E-state index in [2.05, 4.69) is 15.9 Å². The van der Waals surface area contributed by atoms with Crippen LogP contribution in [-0.4, -0.2) is 6.26 Å². The van der Waals surface area contributed by atoms with E-state index in [0.29, 0.717) is 0 Å². The van der Waals surface area contributed by atoms with Crippen molar-refractivity contribution in [3.63, 3.8) is 0 Å². The third kappa shape index (κ3) is 2.30. The number of hydrogen-bond donors (Lipinski definition) is 0. The molecule has 0 unspecified atom stereocenters. The lowest BCUT2D eigenvalue weighted by Crippen LogP contribution is -2.06. The molecule has 0 atom stereocenters. The molecule has 0 amide bonds. The molecule has 0 aliphatic rings. The van der Waals surface area contributed by atoms with Crippen molar-refractivity contribution >= 4 is 27.7 Å². The third-order valence-corrected chi connectivity index (χ3v) is 3.03. The average molecular weight is 303 g/mol. The highest BCUT2D eigenvalue weighted by molar-refractivity contribution is 9.08. The lowest BCUT2D eigenvalue weighted by molar-refractivity contribution is 0.402. The number of halogens is 5. The summed E-state index contributed by atoms with van der Waals surface area (Å²) in [4.78, 5) is 0. The number of thioether (sulfide) groups is 1. The predicted octanol–water partition coefficient (Wildman–Crippen LogP) is 4.00. The third-order valence-electron chi connectivity index (χ3n) is 1.89. The van der Waals surface area contributed by atoms with E-state index in [9.17, 15) is 17.6 Å². The molecule has 0 spiro atoms. The summed E-state index contributed by atoms with van der Waals surface area (Å²) in [5, 5.41) is -0.0527. The van der Waals surface area contributed by atoms with Crippen molar-refractivity contribution in [2.75, 3.05) is 6.26 Å². The van der Waals surface area contributed by atoms with Gasteiger partial charge in [0.25, 0.3) is 0 Å². The van der Waals surface area contributed by atoms with E-state index in [-0.39, 0.29) is 22.2 Å². The highest BCUT2D eigenvalue weighted by Crippen LogP contribution is 2.28. The van der Waals surface area contributed by atoms with Crippen LogP contribution in [0.25, 0.3) is 0 Å². The Morgan fingerprint density at radius 3 is 1.80 bits per heavy atom. The van der Waals surface area contributed by atoms with Gasteiger partial charge in [-0.1, -0.05) is 15.9 Å². The summed E-state index contributed by atoms with van der Waals surface area (Å²) < 4.78 is 52.2. The molecule has 0 saturated carbocycles. The van der Waals surface area contributed by atoms with Gasteiger partial charge in [-0.15, -0.1) is 0 Å². The van der Waals surface area contributed by atoms with Gasteiger partial charge < -0.3 is 0 Å². The zero-order chi connectivity index (χ0) is 11.6. The maximum Gasteiger partial charge on any atom is 0.197 e. The minimum atomic E-state index is -1.76. The Hall–Kier alpha value is -0.230. The molecule has 0 aliphatic carbocycles. The van der Waals surface area contributed by atoms with Crippen molar-refractivity contribution in [1.82, 2.24) is 0 Å². The van der Waals surface area contributed by atoms with Crippen molar-refractivity contribution in [2.45, 2.75) is 11.1 Å². The van der Waals surface area contributed by atoms with Gasteiger partial charge in [0.1, 0.15) is 0 Å². The molecule has 0 saturated heterocycles. The van der Waals surface area contributed by atoms with Crippen molar-refractivity contribution in [3.05, 3.63) is 34.4 Å². The number of hydrogen-bond acceptors (Lipinski definition) is 1. The van der Waals surface area contributed by atoms with Crippen LogP contribution in [0.4, 0.5) is 17.6 Å². The van der Waals surface area contributed by atoms with Gasteiger partial charge in [0.15, 0.2) is 23.3 Å². The summed E-state index contributed by atoms with van der Waals surface area (Å²) in [5.74, 6) is -6.04. The Kier molecular flexibility index (Phi) is 4.45. The minimum absolute atomic E-state index is 0.0527. The van der Waals surface area contributed by atoms with Crippen LogP contribution in [0.3, 0.4) is 0 Å². The molecule has 84 valence electrons. The summed E-state index contributed by atoms with van der Waals surface area (Å²) in [5.41, 5.74) is -0.295. The van der Waals surface area contributed by atoms with Crippen LogP contribution in [-0.2, 0) is 11.1 Å². The van der Waals surface area contributed by atoms with Gasteiger partial charge in [-0.2, -0.15) is 11.8 Å². The normalized spacial score (nSPS) is 10.8. The number of benzene rings is 1. The molecule has 15 heavy (non-hydrogen) atoms. The SMILES string of the molecule is CSCc1c(F)c(F)c(F)c(F)c1CBr. The average Bonchev–Trinajstić information content (AvgIpc) is 2.24. The fourth-order valence-corrected chi connectivity index (χ4v) is 2.33. The summed E-state index contributed by atoms with van der Waals surface area (Å²) >= 11 is 4.12.